The Labute approximate surface area is 155 Å². The van der Waals surface area contributed by atoms with Crippen LogP contribution in [0.1, 0.15) is 17.5 Å². The molecule has 120 valence electrons. The van der Waals surface area contributed by atoms with E-state index in [1.54, 1.807) is 0 Å². The summed E-state index contributed by atoms with van der Waals surface area (Å²) in [6, 6.07) is 13.6. The fourth-order valence-corrected chi connectivity index (χ4v) is 5.07. The van der Waals surface area contributed by atoms with Gasteiger partial charge >= 0.3 is 0 Å². The largest absolute Gasteiger partial charge is 0.346 e. The maximum atomic E-state index is 2.55. The maximum Gasteiger partial charge on any atom is 0.0586 e. The second-order valence-corrected chi connectivity index (χ2v) is 8.03. The zero-order valence-corrected chi connectivity index (χ0v) is 16.1. The molecule has 1 aliphatic rings. The van der Waals surface area contributed by atoms with Crippen LogP contribution in [0.15, 0.2) is 42.6 Å². The van der Waals surface area contributed by atoms with Crippen molar-refractivity contribution in [2.24, 2.45) is 0 Å². The van der Waals surface area contributed by atoms with Crippen LogP contribution in [-0.4, -0.2) is 9.13 Å². The molecule has 5 rings (SSSR count). The Balaban J connectivity index is 1.98. The van der Waals surface area contributed by atoms with Crippen molar-refractivity contribution in [3.05, 3.63) is 57.3 Å². The first-order valence-electron chi connectivity index (χ1n) is 8.52. The Hall–Kier alpha value is -1.75. The molecular weight excluding hydrogens is 407 g/mol. The monoisotopic (exact) mass is 426 g/mol. The molecule has 0 fully saturated rings. The van der Waals surface area contributed by atoms with E-state index in [0.29, 0.717) is 0 Å². The van der Waals surface area contributed by atoms with Crippen LogP contribution in [0.4, 0.5) is 0 Å². The van der Waals surface area contributed by atoms with Crippen LogP contribution in [-0.2, 0) is 13.1 Å². The molecule has 3 heteroatoms. The summed E-state index contributed by atoms with van der Waals surface area (Å²) < 4.78 is 6.36. The van der Waals surface area contributed by atoms with Gasteiger partial charge in [0.2, 0.25) is 0 Å². The number of hydrogen-bond acceptors (Lipinski definition) is 0. The molecule has 0 radical (unpaired) electrons. The molecule has 1 aliphatic heterocycles. The first-order valence-corrected chi connectivity index (χ1v) is 9.60. The van der Waals surface area contributed by atoms with E-state index in [1.807, 2.05) is 0 Å². The van der Waals surface area contributed by atoms with Gasteiger partial charge in [-0.2, -0.15) is 0 Å². The molecule has 0 bridgehead atoms. The number of fused-ring (bicyclic) bond motifs is 4. The minimum Gasteiger partial charge on any atom is -0.346 e. The van der Waals surface area contributed by atoms with E-state index in [9.17, 15) is 0 Å². The summed E-state index contributed by atoms with van der Waals surface area (Å²) in [7, 11) is 0. The molecule has 0 amide bonds. The predicted octanol–water partition coefficient (Wildman–Crippen LogP) is 5.89. The third-order valence-electron chi connectivity index (χ3n) is 5.36. The van der Waals surface area contributed by atoms with Crippen LogP contribution in [0, 0.1) is 17.4 Å². The number of aryl methyl sites for hydroxylation is 4. The van der Waals surface area contributed by atoms with Gasteiger partial charge in [-0.1, -0.05) is 30.3 Å². The van der Waals surface area contributed by atoms with Gasteiger partial charge in [-0.15, -0.1) is 0 Å². The Morgan fingerprint density at radius 3 is 2.75 bits per heavy atom. The van der Waals surface area contributed by atoms with Gasteiger partial charge in [-0.3, -0.25) is 0 Å². The highest BCUT2D eigenvalue weighted by Crippen LogP contribution is 2.40. The van der Waals surface area contributed by atoms with Gasteiger partial charge in [0, 0.05) is 44.7 Å². The lowest BCUT2D eigenvalue weighted by molar-refractivity contribution is 0.581. The van der Waals surface area contributed by atoms with Gasteiger partial charge in [0.25, 0.3) is 0 Å². The van der Waals surface area contributed by atoms with E-state index in [2.05, 4.69) is 88.2 Å². The summed E-state index contributed by atoms with van der Waals surface area (Å²) in [4.78, 5) is 0. The number of benzene rings is 2. The zero-order chi connectivity index (χ0) is 16.4. The van der Waals surface area contributed by atoms with Crippen molar-refractivity contribution in [3.63, 3.8) is 0 Å². The van der Waals surface area contributed by atoms with Gasteiger partial charge in [0.1, 0.15) is 0 Å². The molecule has 4 aromatic rings. The predicted molar refractivity (Wildman–Crippen MR) is 110 cm³/mol. The van der Waals surface area contributed by atoms with Crippen molar-refractivity contribution in [2.75, 3.05) is 0 Å². The van der Waals surface area contributed by atoms with E-state index in [4.69, 9.17) is 0 Å². The zero-order valence-electron chi connectivity index (χ0n) is 13.9. The highest BCUT2D eigenvalue weighted by molar-refractivity contribution is 14.1. The van der Waals surface area contributed by atoms with E-state index in [1.165, 1.54) is 54.2 Å². The number of rotatable bonds is 0. The Bertz CT molecular complexity index is 1110. The lowest BCUT2D eigenvalue weighted by atomic mass is 10.0. The number of para-hydroxylation sites is 1. The summed E-state index contributed by atoms with van der Waals surface area (Å²) in [5.74, 6) is 0. The highest BCUT2D eigenvalue weighted by atomic mass is 127. The van der Waals surface area contributed by atoms with Crippen molar-refractivity contribution < 1.29 is 0 Å². The van der Waals surface area contributed by atoms with Crippen molar-refractivity contribution in [3.8, 4) is 11.3 Å². The lowest BCUT2D eigenvalue weighted by Gasteiger charge is -2.18. The van der Waals surface area contributed by atoms with Crippen LogP contribution >= 0.6 is 22.6 Å². The molecule has 0 aliphatic carbocycles. The first kappa shape index (κ1) is 14.6. The number of hydrogen-bond donors (Lipinski definition) is 0. The Morgan fingerprint density at radius 1 is 1.00 bits per heavy atom. The topological polar surface area (TPSA) is 9.86 Å². The summed E-state index contributed by atoms with van der Waals surface area (Å²) in [5.41, 5.74) is 8.29. The second-order valence-electron chi connectivity index (χ2n) is 6.87. The third-order valence-corrected chi connectivity index (χ3v) is 6.22. The molecular formula is C21H19IN2. The highest BCUT2D eigenvalue weighted by Gasteiger charge is 2.21. The lowest BCUT2D eigenvalue weighted by Crippen LogP contribution is -2.09. The molecule has 0 atom stereocenters. The average molecular weight is 426 g/mol. The van der Waals surface area contributed by atoms with Crippen molar-refractivity contribution in [1.29, 1.82) is 0 Å². The minimum atomic E-state index is 1.08. The van der Waals surface area contributed by atoms with E-state index in [-0.39, 0.29) is 0 Å². The van der Waals surface area contributed by atoms with Gasteiger partial charge in [-0.05, 0) is 60.1 Å². The van der Waals surface area contributed by atoms with Crippen LogP contribution in [0.25, 0.3) is 33.1 Å². The van der Waals surface area contributed by atoms with E-state index < -0.39 is 0 Å². The summed E-state index contributed by atoms with van der Waals surface area (Å²) in [6.07, 6.45) is 3.48. The molecule has 0 saturated carbocycles. The molecule has 0 saturated heterocycles. The van der Waals surface area contributed by atoms with Gasteiger partial charge in [-0.25, -0.2) is 0 Å². The van der Waals surface area contributed by atoms with Crippen molar-refractivity contribution in [2.45, 2.75) is 33.4 Å². The molecule has 2 nitrogen and oxygen atoms in total. The fourth-order valence-electron chi connectivity index (χ4n) is 4.30. The van der Waals surface area contributed by atoms with Crippen LogP contribution in [0.5, 0.6) is 0 Å². The maximum absolute atomic E-state index is 2.55. The van der Waals surface area contributed by atoms with Crippen LogP contribution in [0.3, 0.4) is 0 Å². The van der Waals surface area contributed by atoms with E-state index in [0.717, 1.165) is 13.1 Å². The molecule has 2 aromatic carbocycles. The molecule has 24 heavy (non-hydrogen) atoms. The number of aromatic nitrogens is 2. The molecule has 0 N–H and O–H groups in total. The average Bonchev–Trinajstić information content (AvgIpc) is 3.01. The molecule has 2 aromatic heterocycles. The van der Waals surface area contributed by atoms with Gasteiger partial charge in [0.15, 0.2) is 0 Å². The normalized spacial score (nSPS) is 14.0. The van der Waals surface area contributed by atoms with Gasteiger partial charge < -0.3 is 9.13 Å². The smallest absolute Gasteiger partial charge is 0.0586 e. The van der Waals surface area contributed by atoms with E-state index >= 15 is 0 Å². The number of halogens is 1. The first-order chi connectivity index (χ1) is 11.6. The molecule has 3 heterocycles. The van der Waals surface area contributed by atoms with Gasteiger partial charge in [0.05, 0.1) is 11.2 Å². The van der Waals surface area contributed by atoms with Crippen LogP contribution < -0.4 is 0 Å². The summed E-state index contributed by atoms with van der Waals surface area (Å²) >= 11 is 2.47. The molecule has 0 spiro atoms. The summed E-state index contributed by atoms with van der Waals surface area (Å²) in [5, 5.41) is 2.77. The van der Waals surface area contributed by atoms with Crippen molar-refractivity contribution >= 4 is 44.4 Å². The fraction of sp³-hybridized carbons (Fsp3) is 0.238. The second kappa shape index (κ2) is 5.12. The SMILES string of the molecule is Cc1ccc2c(C)c3n(c2c1)CCCn1cc(I)c2cccc-3c21. The number of nitrogens with zero attached hydrogens (tertiary/aromatic N) is 2. The molecule has 0 unspecified atom stereocenters. The Morgan fingerprint density at radius 2 is 1.88 bits per heavy atom. The minimum absolute atomic E-state index is 1.08. The Kier molecular flexibility index (Phi) is 3.11. The third kappa shape index (κ3) is 1.88. The quantitative estimate of drug-likeness (QED) is 0.311. The standard InChI is InChI=1S/C21H19IN2/c1-13-7-8-15-14(2)20-17-6-3-5-16-18(22)12-23(21(16)17)9-4-10-24(20)19(15)11-13/h3,5-8,11-12H,4,9-10H2,1-2H3. The summed E-state index contributed by atoms with van der Waals surface area (Å²) in [6.45, 7) is 6.63. The van der Waals surface area contributed by atoms with Crippen molar-refractivity contribution in [1.82, 2.24) is 9.13 Å². The van der Waals surface area contributed by atoms with Crippen LogP contribution in [0.2, 0.25) is 0 Å².